The molecule has 2 aliphatic heterocycles. The molecule has 0 spiro atoms. The number of H-pyrrole nitrogens is 2. The number of fused-ring (bicyclic) bond motifs is 2. The second-order valence-electron chi connectivity index (χ2n) is 19.4. The zero-order valence-electron chi connectivity index (χ0n) is 40.8. The van der Waals surface area contributed by atoms with Gasteiger partial charge in [0.25, 0.3) is 0 Å². The van der Waals surface area contributed by atoms with Gasteiger partial charge in [0, 0.05) is 62.1 Å². The molecule has 69 heavy (non-hydrogen) atoms. The van der Waals surface area contributed by atoms with Crippen LogP contribution in [0.1, 0.15) is 162 Å². The predicted octanol–water partition coefficient (Wildman–Crippen LogP) is 16.9. The number of rotatable bonds is 13. The van der Waals surface area contributed by atoms with E-state index in [-0.39, 0.29) is 5.92 Å². The third kappa shape index (κ3) is 9.40. The molecule has 6 aromatic carbocycles. The number of hydrogen-bond donors (Lipinski definition) is 2. The fourth-order valence-corrected chi connectivity index (χ4v) is 9.74. The molecule has 0 radical (unpaired) electrons. The average molecular weight is 897 g/mol. The molecule has 10 rings (SSSR count). The molecule has 2 aromatic heterocycles. The van der Waals surface area contributed by atoms with Crippen LogP contribution in [-0.2, 0) is 0 Å². The average Bonchev–Trinajstić information content (AvgIpc) is 4.19. The quantitative estimate of drug-likeness (QED) is 0.116. The van der Waals surface area contributed by atoms with Crippen LogP contribution in [-0.4, -0.2) is 21.4 Å². The number of nitrogens with one attached hydrogen (secondary N) is 2. The van der Waals surface area contributed by atoms with E-state index in [1.54, 1.807) is 0 Å². The fraction of sp³-hybridized carbons (Fsp3) is 0.169. The molecule has 4 heterocycles. The van der Waals surface area contributed by atoms with Crippen LogP contribution in [0, 0.1) is 0 Å². The molecule has 0 fully saturated rings. The number of benzene rings is 6. The Labute approximate surface area is 408 Å². The van der Waals surface area contributed by atoms with Gasteiger partial charge in [0.2, 0.25) is 0 Å². The largest absolute Gasteiger partial charge is 0.355 e. The van der Waals surface area contributed by atoms with Crippen molar-refractivity contribution in [3.63, 3.8) is 0 Å². The summed E-state index contributed by atoms with van der Waals surface area (Å²) in [6.45, 7) is 16.0. The van der Waals surface area contributed by atoms with E-state index in [4.69, 9.17) is 9.98 Å². The Morgan fingerprint density at radius 3 is 1.45 bits per heavy atom. The normalized spacial score (nSPS) is 15.2. The summed E-state index contributed by atoms with van der Waals surface area (Å²) < 4.78 is 0. The Bertz CT molecular complexity index is 3360. The van der Waals surface area contributed by atoms with E-state index in [2.05, 4.69) is 253 Å². The first-order valence-electron chi connectivity index (χ1n) is 24.5. The van der Waals surface area contributed by atoms with Gasteiger partial charge in [0.1, 0.15) is 0 Å². The van der Waals surface area contributed by atoms with Crippen molar-refractivity contribution in [1.29, 1.82) is 0 Å². The number of aromatic nitrogens is 2. The van der Waals surface area contributed by atoms with Crippen molar-refractivity contribution < 1.29 is 0 Å². The monoisotopic (exact) mass is 896 g/mol. The van der Waals surface area contributed by atoms with E-state index in [9.17, 15) is 0 Å². The summed E-state index contributed by atoms with van der Waals surface area (Å²) in [5, 5.41) is 0. The van der Waals surface area contributed by atoms with Crippen molar-refractivity contribution in [2.75, 3.05) is 0 Å². The minimum absolute atomic E-state index is 0.0107. The van der Waals surface area contributed by atoms with Crippen molar-refractivity contribution >= 4 is 58.8 Å². The molecule has 340 valence electrons. The fourth-order valence-electron chi connectivity index (χ4n) is 9.74. The zero-order valence-corrected chi connectivity index (χ0v) is 40.8. The first-order valence-corrected chi connectivity index (χ1v) is 24.5. The molecular weight excluding hydrogens is 837 g/mol. The highest BCUT2D eigenvalue weighted by Crippen LogP contribution is 2.41. The number of aliphatic imine (C=N–C) groups is 2. The maximum Gasteiger partial charge on any atom is 0.0791 e. The lowest BCUT2D eigenvalue weighted by molar-refractivity contribution is 0.832. The van der Waals surface area contributed by atoms with Gasteiger partial charge in [-0.2, -0.15) is 0 Å². The Hall–Kier alpha value is -7.82. The topological polar surface area (TPSA) is 56.3 Å². The van der Waals surface area contributed by atoms with Gasteiger partial charge in [-0.05, 0) is 105 Å². The maximum atomic E-state index is 5.48. The molecular formula is C65H60N4. The SMILES string of the molecule is CC(C)c1ccc(C2=NC(=Cc3ccc(/C(=C/c4ccccc4)C(C)c4cc(C(C)C)ccc4C4=NC(=Cc5ccc(/C=C/c6ccccc6)[nH]5)c5ccccc54)[nH]3)c3ccccc32)c(C(C)C)c1. The predicted molar refractivity (Wildman–Crippen MR) is 295 cm³/mol. The molecule has 4 nitrogen and oxygen atoms in total. The highest BCUT2D eigenvalue weighted by molar-refractivity contribution is 6.23. The summed E-state index contributed by atoms with van der Waals surface area (Å²) in [6, 6.07) is 61.0. The number of hydrogen-bond acceptors (Lipinski definition) is 2. The van der Waals surface area contributed by atoms with E-state index in [0.29, 0.717) is 17.8 Å². The van der Waals surface area contributed by atoms with Gasteiger partial charge in [-0.3, -0.25) is 0 Å². The van der Waals surface area contributed by atoms with E-state index in [1.165, 1.54) is 39.0 Å². The second kappa shape index (κ2) is 19.4. The van der Waals surface area contributed by atoms with Crippen LogP contribution in [0.5, 0.6) is 0 Å². The lowest BCUT2D eigenvalue weighted by Crippen LogP contribution is -2.10. The molecule has 0 bridgehead atoms. The molecule has 2 N–H and O–H groups in total. The third-order valence-electron chi connectivity index (χ3n) is 13.6. The summed E-state index contributed by atoms with van der Waals surface area (Å²) in [5.41, 5.74) is 23.8. The van der Waals surface area contributed by atoms with Gasteiger partial charge in [-0.1, -0.05) is 200 Å². The van der Waals surface area contributed by atoms with Gasteiger partial charge in [-0.15, -0.1) is 0 Å². The van der Waals surface area contributed by atoms with Gasteiger partial charge in [-0.25, -0.2) is 9.98 Å². The van der Waals surface area contributed by atoms with Crippen LogP contribution in [0.3, 0.4) is 0 Å². The first-order chi connectivity index (χ1) is 33.6. The first kappa shape index (κ1) is 45.0. The van der Waals surface area contributed by atoms with Crippen molar-refractivity contribution in [3.8, 4) is 0 Å². The number of allylic oxidation sites excluding steroid dienone is 1. The lowest BCUT2D eigenvalue weighted by Gasteiger charge is -2.22. The van der Waals surface area contributed by atoms with E-state index < -0.39 is 0 Å². The molecule has 0 saturated heterocycles. The molecule has 0 aliphatic carbocycles. The van der Waals surface area contributed by atoms with Crippen molar-refractivity contribution in [1.82, 2.24) is 9.97 Å². The Morgan fingerprint density at radius 2 is 0.884 bits per heavy atom. The molecule has 1 atom stereocenters. The summed E-state index contributed by atoms with van der Waals surface area (Å²) in [6.07, 6.45) is 11.0. The van der Waals surface area contributed by atoms with Crippen molar-refractivity contribution in [3.05, 3.63) is 259 Å². The minimum atomic E-state index is -0.0107. The van der Waals surface area contributed by atoms with E-state index in [0.717, 1.165) is 79.0 Å². The van der Waals surface area contributed by atoms with Crippen LogP contribution in [0.2, 0.25) is 0 Å². The standard InChI is InChI=1S/C65H60N4/c1-41(2)47-27-33-56(58(37-47)43(5)6)64-54-24-16-14-22-52(54)63(68-64)40-51-32-35-61(67-51)60(36-46-20-12-9-13-21-46)44(7)59-38-48(42(3)4)28-34-57(59)65-55-25-17-15-23-53(55)62(69-65)39-50-31-30-49(66-50)29-26-45-18-10-8-11-19-45/h8-44,66-67H,1-7H3/b29-26+,60-36+,62-39?,63-40?. The number of nitrogens with zero attached hydrogens (tertiary/aromatic N) is 2. The van der Waals surface area contributed by atoms with Gasteiger partial charge in [0.05, 0.1) is 22.8 Å². The van der Waals surface area contributed by atoms with Crippen LogP contribution < -0.4 is 0 Å². The summed E-state index contributed by atoms with van der Waals surface area (Å²) in [7, 11) is 0. The summed E-state index contributed by atoms with van der Waals surface area (Å²) >= 11 is 0. The number of aromatic amines is 2. The Morgan fingerprint density at radius 1 is 0.406 bits per heavy atom. The molecule has 2 aliphatic rings. The zero-order chi connectivity index (χ0) is 47.6. The Balaban J connectivity index is 1.04. The van der Waals surface area contributed by atoms with Gasteiger partial charge < -0.3 is 9.97 Å². The Kier molecular flexibility index (Phi) is 12.7. The van der Waals surface area contributed by atoms with Crippen molar-refractivity contribution in [2.24, 2.45) is 9.98 Å². The van der Waals surface area contributed by atoms with E-state index >= 15 is 0 Å². The lowest BCUT2D eigenvalue weighted by atomic mass is 9.82. The van der Waals surface area contributed by atoms with Crippen molar-refractivity contribution in [2.45, 2.75) is 72.1 Å². The van der Waals surface area contributed by atoms with Crippen LogP contribution in [0.15, 0.2) is 180 Å². The molecule has 0 saturated carbocycles. The van der Waals surface area contributed by atoms with Gasteiger partial charge in [0.15, 0.2) is 0 Å². The van der Waals surface area contributed by atoms with Crippen LogP contribution >= 0.6 is 0 Å². The molecule has 8 aromatic rings. The highest BCUT2D eigenvalue weighted by Gasteiger charge is 2.28. The summed E-state index contributed by atoms with van der Waals surface area (Å²) in [4.78, 5) is 18.4. The second-order valence-corrected chi connectivity index (χ2v) is 19.4. The smallest absolute Gasteiger partial charge is 0.0791 e. The maximum absolute atomic E-state index is 5.48. The molecule has 0 amide bonds. The van der Waals surface area contributed by atoms with Crippen LogP contribution in [0.4, 0.5) is 0 Å². The molecule has 1 unspecified atom stereocenters. The van der Waals surface area contributed by atoms with Crippen LogP contribution in [0.25, 0.3) is 47.3 Å². The molecule has 4 heteroatoms. The minimum Gasteiger partial charge on any atom is -0.355 e. The third-order valence-corrected chi connectivity index (χ3v) is 13.6. The highest BCUT2D eigenvalue weighted by atomic mass is 14.8. The van der Waals surface area contributed by atoms with Gasteiger partial charge >= 0.3 is 0 Å². The van der Waals surface area contributed by atoms with E-state index in [1.807, 2.05) is 6.07 Å². The summed E-state index contributed by atoms with van der Waals surface area (Å²) in [5.74, 6) is 1.17.